The number of nitrogens with zero attached hydrogens (tertiary/aromatic N) is 2. The number of aryl methyl sites for hydroxylation is 1. The van der Waals surface area contributed by atoms with Crippen molar-refractivity contribution < 1.29 is 23.9 Å². The van der Waals surface area contributed by atoms with Gasteiger partial charge in [0.2, 0.25) is 0 Å². The number of nitrogens with one attached hydrogen (secondary N) is 1. The second-order valence-corrected chi connectivity index (χ2v) is 9.48. The minimum atomic E-state index is -1.05. The van der Waals surface area contributed by atoms with Crippen molar-refractivity contribution in [2.75, 3.05) is 11.9 Å². The number of benzene rings is 1. The van der Waals surface area contributed by atoms with Gasteiger partial charge in [-0.1, -0.05) is 31.9 Å². The predicted molar refractivity (Wildman–Crippen MR) is 134 cm³/mol. The second kappa shape index (κ2) is 11.4. The molecular formula is C26H29N3O5S. The van der Waals surface area contributed by atoms with E-state index in [4.69, 9.17) is 9.47 Å². The van der Waals surface area contributed by atoms with E-state index in [2.05, 4.69) is 15.3 Å². The Bertz CT molecular complexity index is 1240. The number of hydrogen-bond acceptors (Lipinski definition) is 8. The molecule has 1 aliphatic rings. The average Bonchev–Trinajstić information content (AvgIpc) is 3.17. The zero-order chi connectivity index (χ0) is 24.8. The molecule has 184 valence electrons. The maximum atomic E-state index is 13.1. The highest BCUT2D eigenvalue weighted by molar-refractivity contribution is 7.17. The fraction of sp³-hybridized carbons (Fsp3) is 0.423. The van der Waals surface area contributed by atoms with Crippen LogP contribution in [-0.2, 0) is 27.1 Å². The van der Waals surface area contributed by atoms with E-state index < -0.39 is 23.9 Å². The summed E-state index contributed by atoms with van der Waals surface area (Å²) in [5, 5.41) is 3.31. The Morgan fingerprint density at radius 2 is 1.77 bits per heavy atom. The standard InChI is InChI=1S/C26H29N3O5S/c1-3-20(34-25(31)19-15-27-17-12-9-10-13-18(17)28-19)23(30)29-24-22(26(32)33-4-2)16-11-7-5-6-8-14-21(16)35-24/h9-10,12-13,15,20H,3-8,11,14H2,1-2H3,(H,29,30). The molecule has 0 radical (unpaired) electrons. The van der Waals surface area contributed by atoms with Gasteiger partial charge in [-0.05, 0) is 56.7 Å². The fourth-order valence-corrected chi connectivity index (χ4v) is 5.47. The molecule has 0 saturated carbocycles. The largest absolute Gasteiger partial charge is 0.462 e. The third-order valence-electron chi connectivity index (χ3n) is 5.96. The third kappa shape index (κ3) is 5.67. The summed E-state index contributed by atoms with van der Waals surface area (Å²) in [6.45, 7) is 3.76. The highest BCUT2D eigenvalue weighted by atomic mass is 32.1. The molecule has 0 saturated heterocycles. The highest BCUT2D eigenvalue weighted by Gasteiger charge is 2.29. The lowest BCUT2D eigenvalue weighted by Crippen LogP contribution is -2.32. The lowest BCUT2D eigenvalue weighted by Gasteiger charge is -2.16. The van der Waals surface area contributed by atoms with Gasteiger partial charge in [0.05, 0.1) is 29.4 Å². The van der Waals surface area contributed by atoms with Gasteiger partial charge in [0.1, 0.15) is 5.00 Å². The normalized spacial score (nSPS) is 14.3. The molecule has 0 aliphatic heterocycles. The maximum Gasteiger partial charge on any atom is 0.359 e. The topological polar surface area (TPSA) is 107 Å². The molecule has 2 heterocycles. The monoisotopic (exact) mass is 495 g/mol. The van der Waals surface area contributed by atoms with Crippen LogP contribution >= 0.6 is 11.3 Å². The van der Waals surface area contributed by atoms with E-state index in [1.165, 1.54) is 17.5 Å². The molecule has 0 bridgehead atoms. The van der Waals surface area contributed by atoms with E-state index in [-0.39, 0.29) is 18.7 Å². The SMILES string of the molecule is CCOC(=O)c1c(NC(=O)C(CC)OC(=O)c2cnc3ccccc3n2)sc2c1CCCCCC2. The molecule has 9 heteroatoms. The lowest BCUT2D eigenvalue weighted by atomic mass is 9.96. The molecule has 1 N–H and O–H groups in total. The van der Waals surface area contributed by atoms with Crippen molar-refractivity contribution in [3.05, 3.63) is 52.2 Å². The minimum Gasteiger partial charge on any atom is -0.462 e. The zero-order valence-electron chi connectivity index (χ0n) is 20.0. The smallest absolute Gasteiger partial charge is 0.359 e. The van der Waals surface area contributed by atoms with Gasteiger partial charge >= 0.3 is 11.9 Å². The number of rotatable bonds is 7. The van der Waals surface area contributed by atoms with Gasteiger partial charge in [-0.2, -0.15) is 0 Å². The number of ether oxygens (including phenoxy) is 2. The van der Waals surface area contributed by atoms with E-state index in [1.807, 2.05) is 6.07 Å². The van der Waals surface area contributed by atoms with E-state index in [1.54, 1.807) is 32.0 Å². The van der Waals surface area contributed by atoms with E-state index >= 15 is 0 Å². The number of aromatic nitrogens is 2. The average molecular weight is 496 g/mol. The van der Waals surface area contributed by atoms with Crippen molar-refractivity contribution in [3.8, 4) is 0 Å². The van der Waals surface area contributed by atoms with Gasteiger partial charge < -0.3 is 14.8 Å². The van der Waals surface area contributed by atoms with Crippen LogP contribution in [0.15, 0.2) is 30.5 Å². The van der Waals surface area contributed by atoms with Gasteiger partial charge in [-0.25, -0.2) is 14.6 Å². The number of thiophene rings is 1. The third-order valence-corrected chi connectivity index (χ3v) is 7.17. The maximum absolute atomic E-state index is 13.1. The minimum absolute atomic E-state index is 0.0289. The van der Waals surface area contributed by atoms with Gasteiger partial charge in [-0.3, -0.25) is 9.78 Å². The summed E-state index contributed by atoms with van der Waals surface area (Å²) < 4.78 is 10.8. The van der Waals surface area contributed by atoms with Gasteiger partial charge in [-0.15, -0.1) is 11.3 Å². The molecule has 1 amide bonds. The number of amides is 1. The van der Waals surface area contributed by atoms with Crippen molar-refractivity contribution in [3.63, 3.8) is 0 Å². The number of esters is 2. The molecular weight excluding hydrogens is 466 g/mol. The molecule has 3 aromatic rings. The Morgan fingerprint density at radius 3 is 2.51 bits per heavy atom. The Labute approximate surface area is 208 Å². The Kier molecular flexibility index (Phi) is 8.07. The number of para-hydroxylation sites is 2. The van der Waals surface area contributed by atoms with Crippen LogP contribution in [0.2, 0.25) is 0 Å². The molecule has 1 unspecified atom stereocenters. The number of carbonyl (C=O) groups excluding carboxylic acids is 3. The lowest BCUT2D eigenvalue weighted by molar-refractivity contribution is -0.124. The Balaban J connectivity index is 1.54. The summed E-state index contributed by atoms with van der Waals surface area (Å²) in [4.78, 5) is 48.3. The number of anilines is 1. The zero-order valence-corrected chi connectivity index (χ0v) is 20.8. The van der Waals surface area contributed by atoms with Crippen LogP contribution in [0.5, 0.6) is 0 Å². The molecule has 8 nitrogen and oxygen atoms in total. The predicted octanol–water partition coefficient (Wildman–Crippen LogP) is 5.10. The summed E-state index contributed by atoms with van der Waals surface area (Å²) in [6.07, 6.45) is 6.51. The summed E-state index contributed by atoms with van der Waals surface area (Å²) in [5.41, 5.74) is 2.66. The summed E-state index contributed by atoms with van der Waals surface area (Å²) >= 11 is 1.42. The molecule has 2 aromatic heterocycles. The first kappa shape index (κ1) is 24.8. The molecule has 0 fully saturated rings. The molecule has 1 aliphatic carbocycles. The van der Waals surface area contributed by atoms with Crippen molar-refractivity contribution in [1.82, 2.24) is 9.97 Å². The summed E-state index contributed by atoms with van der Waals surface area (Å²) in [6, 6.07) is 7.19. The van der Waals surface area contributed by atoms with Crippen molar-refractivity contribution in [1.29, 1.82) is 0 Å². The van der Waals surface area contributed by atoms with Crippen molar-refractivity contribution in [2.45, 2.75) is 64.9 Å². The van der Waals surface area contributed by atoms with Crippen LogP contribution in [-0.4, -0.2) is 40.5 Å². The van der Waals surface area contributed by atoms with Crippen molar-refractivity contribution in [2.24, 2.45) is 0 Å². The first-order valence-corrected chi connectivity index (χ1v) is 12.9. The van der Waals surface area contributed by atoms with Gasteiger partial charge in [0.25, 0.3) is 5.91 Å². The van der Waals surface area contributed by atoms with E-state index in [0.717, 1.165) is 49.0 Å². The van der Waals surface area contributed by atoms with E-state index in [0.29, 0.717) is 21.6 Å². The molecule has 35 heavy (non-hydrogen) atoms. The van der Waals surface area contributed by atoms with Crippen LogP contribution in [0.1, 0.15) is 77.2 Å². The van der Waals surface area contributed by atoms with Crippen LogP contribution in [0.25, 0.3) is 11.0 Å². The second-order valence-electron chi connectivity index (χ2n) is 8.38. The first-order chi connectivity index (χ1) is 17.0. The number of carbonyl (C=O) groups is 3. The highest BCUT2D eigenvalue weighted by Crippen LogP contribution is 2.37. The Hall–Kier alpha value is -3.33. The molecule has 1 atom stereocenters. The molecule has 0 spiro atoms. The fourth-order valence-electron chi connectivity index (χ4n) is 4.19. The van der Waals surface area contributed by atoms with Crippen LogP contribution in [0.3, 0.4) is 0 Å². The summed E-state index contributed by atoms with van der Waals surface area (Å²) in [7, 11) is 0. The Morgan fingerprint density at radius 1 is 1.03 bits per heavy atom. The van der Waals surface area contributed by atoms with Gasteiger partial charge in [0.15, 0.2) is 11.8 Å². The quantitative estimate of drug-likeness (QED) is 0.454. The van der Waals surface area contributed by atoms with Crippen molar-refractivity contribution >= 4 is 45.2 Å². The van der Waals surface area contributed by atoms with Crippen LogP contribution in [0.4, 0.5) is 5.00 Å². The number of fused-ring (bicyclic) bond motifs is 2. The molecule has 1 aromatic carbocycles. The number of hydrogen-bond donors (Lipinski definition) is 1. The first-order valence-electron chi connectivity index (χ1n) is 12.1. The van der Waals surface area contributed by atoms with Crippen LogP contribution in [0, 0.1) is 0 Å². The van der Waals surface area contributed by atoms with Crippen LogP contribution < -0.4 is 5.32 Å². The summed E-state index contributed by atoms with van der Waals surface area (Å²) in [5.74, 6) is -1.65. The molecule has 4 rings (SSSR count). The van der Waals surface area contributed by atoms with E-state index in [9.17, 15) is 14.4 Å². The van der Waals surface area contributed by atoms with Gasteiger partial charge in [0, 0.05) is 4.88 Å².